The number of nitriles is 1. The molecule has 0 atom stereocenters. The lowest BCUT2D eigenvalue weighted by Crippen LogP contribution is -2.12. The molecule has 1 rings (SSSR count). The van der Waals surface area contributed by atoms with Crippen molar-refractivity contribution in [1.29, 1.82) is 10.7 Å². The van der Waals surface area contributed by atoms with Gasteiger partial charge in [0.15, 0.2) is 5.17 Å². The highest BCUT2D eigenvalue weighted by molar-refractivity contribution is 8.13. The van der Waals surface area contributed by atoms with E-state index < -0.39 is 0 Å². The molecule has 0 aromatic heterocycles. The molecule has 1 aromatic rings. The van der Waals surface area contributed by atoms with Crippen molar-refractivity contribution >= 4 is 16.9 Å². The largest absolute Gasteiger partial charge is 0.368 e. The second-order valence-corrected chi connectivity index (χ2v) is 3.68. The van der Waals surface area contributed by atoms with Crippen LogP contribution in [0.4, 0.5) is 0 Å². The fraction of sp³-hybridized carbons (Fsp3) is 0.200. The van der Waals surface area contributed by atoms with Crippen LogP contribution in [0.25, 0.3) is 0 Å². The summed E-state index contributed by atoms with van der Waals surface area (Å²) in [5.41, 5.74) is 0.972. The van der Waals surface area contributed by atoms with Crippen LogP contribution in [-0.2, 0) is 6.42 Å². The minimum absolute atomic E-state index is 0.385. The topological polar surface area (TPSA) is 59.7 Å². The van der Waals surface area contributed by atoms with E-state index in [1.807, 2.05) is 24.3 Å². The molecule has 0 heterocycles. The number of nitrogens with zero attached hydrogens (tertiary/aromatic N) is 1. The first kappa shape index (κ1) is 10.6. The van der Waals surface area contributed by atoms with Crippen molar-refractivity contribution in [1.82, 2.24) is 5.32 Å². The SMILES string of the molecule is CNC(=N)Sc1ccccc1CC#N. The molecule has 3 nitrogen and oxygen atoms in total. The average molecular weight is 205 g/mol. The number of benzene rings is 1. The Bertz CT molecular complexity index is 368. The van der Waals surface area contributed by atoms with E-state index >= 15 is 0 Å². The van der Waals surface area contributed by atoms with E-state index in [0.717, 1.165) is 10.5 Å². The fourth-order valence-corrected chi connectivity index (χ4v) is 1.74. The standard InChI is InChI=1S/C10H11N3S/c1-13-10(12)14-9-5-3-2-4-8(9)6-7-11/h2-5H,6H2,1H3,(H2,12,13). The Hall–Kier alpha value is -1.47. The number of hydrogen-bond donors (Lipinski definition) is 2. The summed E-state index contributed by atoms with van der Waals surface area (Å²) in [4.78, 5) is 0.966. The molecule has 0 spiro atoms. The first-order chi connectivity index (χ1) is 6.77. The summed E-state index contributed by atoms with van der Waals surface area (Å²) < 4.78 is 0. The van der Waals surface area contributed by atoms with E-state index in [1.165, 1.54) is 11.8 Å². The van der Waals surface area contributed by atoms with Gasteiger partial charge in [0.05, 0.1) is 12.5 Å². The molecule has 0 amide bonds. The van der Waals surface area contributed by atoms with Gasteiger partial charge in [-0.15, -0.1) is 0 Å². The zero-order valence-electron chi connectivity index (χ0n) is 7.87. The van der Waals surface area contributed by atoms with Gasteiger partial charge in [-0.05, 0) is 11.6 Å². The van der Waals surface area contributed by atoms with Crippen LogP contribution in [-0.4, -0.2) is 12.2 Å². The highest BCUT2D eigenvalue weighted by atomic mass is 32.2. The lowest BCUT2D eigenvalue weighted by molar-refractivity contribution is 1.16. The number of amidine groups is 1. The van der Waals surface area contributed by atoms with Gasteiger partial charge in [-0.25, -0.2) is 0 Å². The average Bonchev–Trinajstić information content (AvgIpc) is 2.21. The maximum atomic E-state index is 8.61. The molecule has 0 aliphatic carbocycles. The Morgan fingerprint density at radius 2 is 2.29 bits per heavy atom. The maximum absolute atomic E-state index is 8.61. The summed E-state index contributed by atoms with van der Waals surface area (Å²) in [6, 6.07) is 9.75. The predicted molar refractivity (Wildman–Crippen MR) is 58.4 cm³/mol. The lowest BCUT2D eigenvalue weighted by Gasteiger charge is -2.06. The van der Waals surface area contributed by atoms with Crippen LogP contribution in [0, 0.1) is 16.7 Å². The van der Waals surface area contributed by atoms with Gasteiger partial charge in [-0.2, -0.15) is 5.26 Å². The summed E-state index contributed by atoms with van der Waals surface area (Å²) in [7, 11) is 1.71. The van der Waals surface area contributed by atoms with Crippen molar-refractivity contribution in [2.45, 2.75) is 11.3 Å². The van der Waals surface area contributed by atoms with Gasteiger partial charge in [-0.3, -0.25) is 5.41 Å². The Morgan fingerprint density at radius 3 is 2.93 bits per heavy atom. The second-order valence-electron chi connectivity index (χ2n) is 2.62. The normalized spacial score (nSPS) is 9.14. The molecule has 14 heavy (non-hydrogen) atoms. The Balaban J connectivity index is 2.85. The van der Waals surface area contributed by atoms with Crippen LogP contribution < -0.4 is 5.32 Å². The summed E-state index contributed by atoms with van der Waals surface area (Å²) in [5, 5.41) is 19.2. The first-order valence-electron chi connectivity index (χ1n) is 4.17. The van der Waals surface area contributed by atoms with Gasteiger partial charge >= 0.3 is 0 Å². The fourth-order valence-electron chi connectivity index (χ4n) is 0.996. The Morgan fingerprint density at radius 1 is 1.57 bits per heavy atom. The molecular formula is C10H11N3S. The molecule has 0 radical (unpaired) electrons. The van der Waals surface area contributed by atoms with Crippen molar-refractivity contribution in [2.24, 2.45) is 0 Å². The summed E-state index contributed by atoms with van der Waals surface area (Å²) in [5.74, 6) is 0. The lowest BCUT2D eigenvalue weighted by atomic mass is 10.2. The van der Waals surface area contributed by atoms with E-state index in [-0.39, 0.29) is 0 Å². The zero-order valence-corrected chi connectivity index (χ0v) is 8.69. The molecule has 0 aliphatic heterocycles. The van der Waals surface area contributed by atoms with Crippen LogP contribution in [0.2, 0.25) is 0 Å². The van der Waals surface area contributed by atoms with E-state index in [2.05, 4.69) is 11.4 Å². The van der Waals surface area contributed by atoms with Crippen LogP contribution in [0.3, 0.4) is 0 Å². The molecule has 72 valence electrons. The van der Waals surface area contributed by atoms with Crippen molar-refractivity contribution in [2.75, 3.05) is 7.05 Å². The van der Waals surface area contributed by atoms with Crippen molar-refractivity contribution in [3.8, 4) is 6.07 Å². The molecule has 2 N–H and O–H groups in total. The molecular weight excluding hydrogens is 194 g/mol. The third kappa shape index (κ3) is 2.79. The van der Waals surface area contributed by atoms with Gasteiger partial charge in [0.25, 0.3) is 0 Å². The van der Waals surface area contributed by atoms with Gasteiger partial charge in [0, 0.05) is 11.9 Å². The molecule has 4 heteroatoms. The zero-order chi connectivity index (χ0) is 10.4. The van der Waals surface area contributed by atoms with Gasteiger partial charge < -0.3 is 5.32 Å². The Labute approximate surface area is 87.6 Å². The van der Waals surface area contributed by atoms with Crippen molar-refractivity contribution < 1.29 is 0 Å². The summed E-state index contributed by atoms with van der Waals surface area (Å²) in [6.45, 7) is 0. The third-order valence-electron chi connectivity index (χ3n) is 1.68. The highest BCUT2D eigenvalue weighted by Gasteiger charge is 2.03. The van der Waals surface area contributed by atoms with E-state index in [0.29, 0.717) is 11.6 Å². The summed E-state index contributed by atoms with van der Waals surface area (Å²) in [6.07, 6.45) is 0.389. The monoisotopic (exact) mass is 205 g/mol. The van der Waals surface area contributed by atoms with Crippen LogP contribution in [0.1, 0.15) is 5.56 Å². The van der Waals surface area contributed by atoms with Gasteiger partial charge in [0.2, 0.25) is 0 Å². The number of thioether (sulfide) groups is 1. The van der Waals surface area contributed by atoms with Crippen LogP contribution >= 0.6 is 11.8 Å². The van der Waals surface area contributed by atoms with E-state index in [4.69, 9.17) is 10.7 Å². The van der Waals surface area contributed by atoms with Gasteiger partial charge in [-0.1, -0.05) is 30.0 Å². The maximum Gasteiger partial charge on any atom is 0.158 e. The highest BCUT2D eigenvalue weighted by Crippen LogP contribution is 2.22. The molecule has 0 fully saturated rings. The first-order valence-corrected chi connectivity index (χ1v) is 4.98. The molecule has 0 aliphatic rings. The molecule has 0 bridgehead atoms. The Kier molecular flexibility index (Phi) is 4.02. The van der Waals surface area contributed by atoms with E-state index in [1.54, 1.807) is 7.05 Å². The van der Waals surface area contributed by atoms with Gasteiger partial charge in [0.1, 0.15) is 0 Å². The minimum atomic E-state index is 0.385. The van der Waals surface area contributed by atoms with Crippen molar-refractivity contribution in [3.05, 3.63) is 29.8 Å². The quantitative estimate of drug-likeness (QED) is 0.441. The predicted octanol–water partition coefficient (Wildman–Crippen LogP) is 2.00. The molecule has 0 saturated heterocycles. The molecule has 1 aromatic carbocycles. The van der Waals surface area contributed by atoms with E-state index in [9.17, 15) is 0 Å². The van der Waals surface area contributed by atoms with Crippen LogP contribution in [0.5, 0.6) is 0 Å². The number of nitrogens with one attached hydrogen (secondary N) is 2. The number of rotatable bonds is 2. The minimum Gasteiger partial charge on any atom is -0.368 e. The van der Waals surface area contributed by atoms with Crippen LogP contribution in [0.15, 0.2) is 29.2 Å². The second kappa shape index (κ2) is 5.30. The smallest absolute Gasteiger partial charge is 0.158 e. The molecule has 0 saturated carbocycles. The number of hydrogen-bond acceptors (Lipinski definition) is 3. The van der Waals surface area contributed by atoms with Crippen molar-refractivity contribution in [3.63, 3.8) is 0 Å². The summed E-state index contributed by atoms with van der Waals surface area (Å²) >= 11 is 1.33. The third-order valence-corrected chi connectivity index (χ3v) is 2.71. The molecule has 0 unspecified atom stereocenters.